The van der Waals surface area contributed by atoms with Gasteiger partial charge in [-0.15, -0.1) is 0 Å². The first-order valence-corrected chi connectivity index (χ1v) is 12.4. The lowest BCUT2D eigenvalue weighted by molar-refractivity contribution is 0.494. The fourth-order valence-electron chi connectivity index (χ4n) is 5.87. The van der Waals surface area contributed by atoms with Crippen molar-refractivity contribution in [1.82, 2.24) is 4.98 Å². The van der Waals surface area contributed by atoms with E-state index in [9.17, 15) is 0 Å². The van der Waals surface area contributed by atoms with Gasteiger partial charge < -0.3 is 4.74 Å². The summed E-state index contributed by atoms with van der Waals surface area (Å²) < 4.78 is 6.52. The van der Waals surface area contributed by atoms with E-state index in [1.807, 2.05) is 42.7 Å². The van der Waals surface area contributed by atoms with Crippen LogP contribution in [0.15, 0.2) is 116 Å². The van der Waals surface area contributed by atoms with Crippen LogP contribution < -0.4 is 4.74 Å². The summed E-state index contributed by atoms with van der Waals surface area (Å²) in [6.45, 7) is 4.66. The van der Waals surface area contributed by atoms with Gasteiger partial charge in [0.1, 0.15) is 11.5 Å². The number of aromatic nitrogens is 1. The number of hydrogen-bond donors (Lipinski definition) is 0. The van der Waals surface area contributed by atoms with Crippen LogP contribution in [0.4, 0.5) is 0 Å². The first-order valence-electron chi connectivity index (χ1n) is 12.4. The summed E-state index contributed by atoms with van der Waals surface area (Å²) in [6.07, 6.45) is 3.82. The lowest BCUT2D eigenvalue weighted by Gasteiger charge is -2.23. The second kappa shape index (κ2) is 7.79. The molecule has 1 aliphatic carbocycles. The second-order valence-corrected chi connectivity index (χ2v) is 10.0. The minimum atomic E-state index is -0.0534. The van der Waals surface area contributed by atoms with Crippen molar-refractivity contribution in [3.8, 4) is 33.8 Å². The Kier molecular flexibility index (Phi) is 4.52. The zero-order chi connectivity index (χ0) is 24.3. The third-order valence-electron chi connectivity index (χ3n) is 7.61. The summed E-state index contributed by atoms with van der Waals surface area (Å²) in [7, 11) is 0. The minimum Gasteiger partial charge on any atom is -0.456 e. The number of para-hydroxylation sites is 1. The Morgan fingerprint density at radius 3 is 2.17 bits per heavy atom. The number of benzene rings is 5. The molecule has 0 atom stereocenters. The van der Waals surface area contributed by atoms with Gasteiger partial charge in [-0.2, -0.15) is 0 Å². The predicted molar refractivity (Wildman–Crippen MR) is 149 cm³/mol. The van der Waals surface area contributed by atoms with Crippen molar-refractivity contribution in [2.45, 2.75) is 19.3 Å². The maximum atomic E-state index is 6.52. The topological polar surface area (TPSA) is 22.1 Å². The molecule has 0 N–H and O–H groups in total. The van der Waals surface area contributed by atoms with Crippen LogP contribution in [-0.2, 0) is 5.41 Å². The maximum Gasteiger partial charge on any atom is 0.143 e. The first-order chi connectivity index (χ1) is 17.6. The molecule has 0 radical (unpaired) electrons. The summed E-state index contributed by atoms with van der Waals surface area (Å²) >= 11 is 0. The van der Waals surface area contributed by atoms with Gasteiger partial charge in [-0.3, -0.25) is 4.98 Å². The van der Waals surface area contributed by atoms with E-state index in [4.69, 9.17) is 4.74 Å². The molecule has 1 heterocycles. The number of rotatable bonds is 3. The second-order valence-electron chi connectivity index (χ2n) is 10.0. The molecular weight excluding hydrogens is 438 g/mol. The van der Waals surface area contributed by atoms with Gasteiger partial charge in [-0.05, 0) is 63.0 Å². The quantitative estimate of drug-likeness (QED) is 0.244. The lowest BCUT2D eigenvalue weighted by Crippen LogP contribution is -2.14. The van der Waals surface area contributed by atoms with Crippen molar-refractivity contribution in [3.05, 3.63) is 127 Å². The molecule has 0 spiro atoms. The van der Waals surface area contributed by atoms with Gasteiger partial charge in [-0.25, -0.2) is 0 Å². The van der Waals surface area contributed by atoms with Crippen molar-refractivity contribution in [2.75, 3.05) is 0 Å². The molecule has 0 amide bonds. The number of fused-ring (bicyclic) bond motifs is 5. The average Bonchev–Trinajstić information content (AvgIpc) is 3.15. The Balaban J connectivity index is 1.51. The fraction of sp³-hybridized carbons (Fsp3) is 0.0882. The number of pyridine rings is 1. The highest BCUT2D eigenvalue weighted by Crippen LogP contribution is 2.51. The monoisotopic (exact) mass is 463 g/mol. The Bertz CT molecular complexity index is 1730. The van der Waals surface area contributed by atoms with E-state index in [1.54, 1.807) is 0 Å². The van der Waals surface area contributed by atoms with Gasteiger partial charge in [0.25, 0.3) is 0 Å². The van der Waals surface area contributed by atoms with E-state index in [0.29, 0.717) is 0 Å². The van der Waals surface area contributed by atoms with Crippen molar-refractivity contribution in [3.63, 3.8) is 0 Å². The standard InChI is InChI=1S/C34H25NO/c1-34(2)30-15-9-8-12-24(30)25-17-16-22(20-31(25)34)32-26-13-6-7-14-27(26)33(28-18-19-35-21-29(28)32)36-23-10-4-3-5-11-23/h3-21H,1-2H3. The zero-order valence-corrected chi connectivity index (χ0v) is 20.3. The summed E-state index contributed by atoms with van der Waals surface area (Å²) in [5, 5.41) is 4.41. The van der Waals surface area contributed by atoms with Crippen molar-refractivity contribution < 1.29 is 4.74 Å². The van der Waals surface area contributed by atoms with Crippen molar-refractivity contribution >= 4 is 21.5 Å². The number of ether oxygens (including phenoxy) is 1. The van der Waals surface area contributed by atoms with Crippen molar-refractivity contribution in [1.29, 1.82) is 0 Å². The highest BCUT2D eigenvalue weighted by Gasteiger charge is 2.35. The lowest BCUT2D eigenvalue weighted by atomic mass is 9.81. The van der Waals surface area contributed by atoms with Crippen LogP contribution in [0.5, 0.6) is 11.5 Å². The molecule has 0 bridgehead atoms. The van der Waals surface area contributed by atoms with Crippen molar-refractivity contribution in [2.24, 2.45) is 0 Å². The first kappa shape index (κ1) is 20.9. The van der Waals surface area contributed by atoms with Crippen LogP contribution in [-0.4, -0.2) is 4.98 Å². The van der Waals surface area contributed by atoms with E-state index >= 15 is 0 Å². The molecule has 36 heavy (non-hydrogen) atoms. The molecule has 2 heteroatoms. The summed E-state index contributed by atoms with van der Waals surface area (Å²) in [5.74, 6) is 1.69. The molecule has 172 valence electrons. The molecule has 2 nitrogen and oxygen atoms in total. The van der Waals surface area contributed by atoms with Crippen LogP contribution in [0.25, 0.3) is 43.8 Å². The van der Waals surface area contributed by atoms with E-state index in [1.165, 1.54) is 33.4 Å². The molecule has 0 fully saturated rings. The number of hydrogen-bond acceptors (Lipinski definition) is 2. The largest absolute Gasteiger partial charge is 0.456 e. The fourth-order valence-corrected chi connectivity index (χ4v) is 5.87. The Labute approximate surface area is 210 Å². The zero-order valence-electron chi connectivity index (χ0n) is 20.3. The summed E-state index contributed by atoms with van der Waals surface area (Å²) in [6, 6.07) is 36.3. The van der Waals surface area contributed by atoms with E-state index in [2.05, 4.69) is 91.6 Å². The molecular formula is C34H25NO. The van der Waals surface area contributed by atoms with Gasteiger partial charge in [0.2, 0.25) is 0 Å². The Morgan fingerprint density at radius 1 is 0.611 bits per heavy atom. The van der Waals surface area contributed by atoms with Crippen LogP contribution in [0, 0.1) is 0 Å². The number of nitrogens with zero attached hydrogens (tertiary/aromatic N) is 1. The van der Waals surface area contributed by atoms with Gasteiger partial charge >= 0.3 is 0 Å². The Morgan fingerprint density at radius 2 is 1.31 bits per heavy atom. The summed E-state index contributed by atoms with van der Waals surface area (Å²) in [4.78, 5) is 4.53. The minimum absolute atomic E-state index is 0.0534. The molecule has 7 rings (SSSR count). The van der Waals surface area contributed by atoms with Gasteiger partial charge in [0, 0.05) is 34.0 Å². The van der Waals surface area contributed by atoms with Crippen LogP contribution >= 0.6 is 0 Å². The van der Waals surface area contributed by atoms with Crippen LogP contribution in [0.3, 0.4) is 0 Å². The molecule has 1 aliphatic rings. The van der Waals surface area contributed by atoms with Crippen LogP contribution in [0.1, 0.15) is 25.0 Å². The Hall–Kier alpha value is -4.43. The molecule has 0 aliphatic heterocycles. The molecule has 5 aromatic carbocycles. The highest BCUT2D eigenvalue weighted by atomic mass is 16.5. The molecule has 0 saturated carbocycles. The third-order valence-corrected chi connectivity index (χ3v) is 7.61. The molecule has 0 saturated heterocycles. The average molecular weight is 464 g/mol. The van der Waals surface area contributed by atoms with Crippen LogP contribution in [0.2, 0.25) is 0 Å². The van der Waals surface area contributed by atoms with E-state index < -0.39 is 0 Å². The molecule has 6 aromatic rings. The third kappa shape index (κ3) is 3.01. The predicted octanol–water partition coefficient (Wildman–Crippen LogP) is 9.15. The van der Waals surface area contributed by atoms with Gasteiger partial charge in [0.15, 0.2) is 0 Å². The van der Waals surface area contributed by atoms with E-state index in [0.717, 1.165) is 33.0 Å². The highest BCUT2D eigenvalue weighted by molar-refractivity contribution is 6.17. The smallest absolute Gasteiger partial charge is 0.143 e. The molecule has 0 unspecified atom stereocenters. The summed E-state index contributed by atoms with van der Waals surface area (Å²) in [5.41, 5.74) is 7.77. The van der Waals surface area contributed by atoms with Gasteiger partial charge in [0.05, 0.1) is 0 Å². The maximum absolute atomic E-state index is 6.52. The SMILES string of the molecule is CC1(C)c2ccccc2-c2ccc(-c3c4ccccc4c(Oc4ccccc4)c4ccncc34)cc21. The molecule has 1 aromatic heterocycles. The normalized spacial score (nSPS) is 13.5. The van der Waals surface area contributed by atoms with Gasteiger partial charge in [-0.1, -0.05) is 92.7 Å². The van der Waals surface area contributed by atoms with E-state index in [-0.39, 0.29) is 5.41 Å².